The minimum absolute atomic E-state index is 0.0412. The molecule has 6 nitrogen and oxygen atoms in total. The topological polar surface area (TPSA) is 89.5 Å². The zero-order valence-electron chi connectivity index (χ0n) is 14.2. The number of amides is 1. The molecule has 1 aromatic heterocycles. The van der Waals surface area contributed by atoms with Gasteiger partial charge in [-0.25, -0.2) is 13.2 Å². The lowest BCUT2D eigenvalue weighted by Gasteiger charge is -2.13. The predicted octanol–water partition coefficient (Wildman–Crippen LogP) is 3.95. The number of benzene rings is 1. The fraction of sp³-hybridized carbons (Fsp3) is 0.294. The summed E-state index contributed by atoms with van der Waals surface area (Å²) in [6.45, 7) is 1.84. The van der Waals surface area contributed by atoms with Crippen molar-refractivity contribution in [2.24, 2.45) is 0 Å². The molecule has 27 heavy (non-hydrogen) atoms. The average Bonchev–Trinajstić information content (AvgIpc) is 2.89. The number of hydrogen-bond acceptors (Lipinski definition) is 6. The number of halogens is 2. The fourth-order valence-corrected chi connectivity index (χ4v) is 6.35. The fourth-order valence-electron chi connectivity index (χ4n) is 2.79. The van der Waals surface area contributed by atoms with E-state index in [1.54, 1.807) is 6.92 Å². The van der Waals surface area contributed by atoms with E-state index in [-0.39, 0.29) is 40.7 Å². The lowest BCUT2D eigenvalue weighted by Crippen LogP contribution is -2.20. The van der Waals surface area contributed by atoms with Crippen LogP contribution in [0.2, 0.25) is 10.0 Å². The highest BCUT2D eigenvalue weighted by molar-refractivity contribution is 7.90. The summed E-state index contributed by atoms with van der Waals surface area (Å²) in [7, 11) is -3.22. The van der Waals surface area contributed by atoms with Gasteiger partial charge in [-0.2, -0.15) is 0 Å². The molecule has 1 amide bonds. The van der Waals surface area contributed by atoms with Gasteiger partial charge in [-0.05, 0) is 37.1 Å². The molecule has 1 N–H and O–H groups in total. The van der Waals surface area contributed by atoms with Crippen molar-refractivity contribution in [1.82, 2.24) is 0 Å². The Labute approximate surface area is 170 Å². The van der Waals surface area contributed by atoms with Crippen molar-refractivity contribution in [2.75, 3.05) is 17.7 Å². The number of nitrogens with one attached hydrogen (secondary N) is 1. The summed E-state index contributed by atoms with van der Waals surface area (Å²) in [6, 6.07) is 4.40. The van der Waals surface area contributed by atoms with Gasteiger partial charge in [0.25, 0.3) is 5.91 Å². The number of ether oxygens (including phenoxy) is 1. The maximum Gasteiger partial charge on any atom is 0.341 e. The first-order valence-electron chi connectivity index (χ1n) is 7.99. The van der Waals surface area contributed by atoms with E-state index in [0.29, 0.717) is 20.5 Å². The van der Waals surface area contributed by atoms with Crippen LogP contribution < -0.4 is 5.32 Å². The molecule has 3 rings (SSSR count). The van der Waals surface area contributed by atoms with E-state index >= 15 is 0 Å². The number of carbonyl (C=O) groups is 2. The maximum atomic E-state index is 12.6. The Kier molecular flexibility index (Phi) is 5.81. The van der Waals surface area contributed by atoms with Gasteiger partial charge in [0.05, 0.1) is 23.7 Å². The second kappa shape index (κ2) is 7.79. The zero-order valence-corrected chi connectivity index (χ0v) is 17.3. The highest BCUT2D eigenvalue weighted by Crippen LogP contribution is 2.38. The molecule has 0 atom stereocenters. The van der Waals surface area contributed by atoms with Crippen LogP contribution in [0.15, 0.2) is 18.2 Å². The molecular formula is C17H15Cl2NO5S2. The summed E-state index contributed by atoms with van der Waals surface area (Å²) in [6.07, 6.45) is 0.210. The van der Waals surface area contributed by atoms with Gasteiger partial charge in [-0.15, -0.1) is 11.3 Å². The van der Waals surface area contributed by atoms with Gasteiger partial charge in [0.2, 0.25) is 0 Å². The number of anilines is 1. The molecular weight excluding hydrogens is 433 g/mol. The Bertz CT molecular complexity index is 1010. The second-order valence-corrected chi connectivity index (χ2v) is 10.0. The molecule has 0 radical (unpaired) electrons. The minimum Gasteiger partial charge on any atom is -0.462 e. The molecule has 2 aromatic rings. The average molecular weight is 448 g/mol. The van der Waals surface area contributed by atoms with Crippen molar-refractivity contribution in [1.29, 1.82) is 0 Å². The Balaban J connectivity index is 2.00. The molecule has 0 bridgehead atoms. The first-order valence-corrected chi connectivity index (χ1v) is 11.4. The smallest absolute Gasteiger partial charge is 0.341 e. The molecule has 2 heterocycles. The normalized spacial score (nSPS) is 15.1. The van der Waals surface area contributed by atoms with Crippen molar-refractivity contribution in [3.8, 4) is 0 Å². The molecule has 0 aliphatic carbocycles. The number of esters is 1. The van der Waals surface area contributed by atoms with Crippen molar-refractivity contribution < 1.29 is 22.7 Å². The SMILES string of the molecule is CCOC(=O)c1c(NC(=O)c2cc(Cl)cc(Cl)c2)sc2c1CCS(=O)(=O)C2. The van der Waals surface area contributed by atoms with E-state index in [2.05, 4.69) is 5.32 Å². The third kappa shape index (κ3) is 4.45. The van der Waals surface area contributed by atoms with Crippen LogP contribution in [0.25, 0.3) is 0 Å². The van der Waals surface area contributed by atoms with Crippen molar-refractivity contribution in [3.63, 3.8) is 0 Å². The number of hydrogen-bond donors (Lipinski definition) is 1. The van der Waals surface area contributed by atoms with Crippen LogP contribution >= 0.6 is 34.5 Å². The Hall–Kier alpha value is -1.61. The first kappa shape index (κ1) is 20.1. The standard InChI is InChI=1S/C17H15Cl2NO5S2/c1-2-25-17(22)14-12-3-4-27(23,24)8-13(12)26-16(14)20-15(21)9-5-10(18)7-11(19)6-9/h5-7H,2-4,8H2,1H3,(H,20,21). The van der Waals surface area contributed by atoms with Gasteiger partial charge < -0.3 is 10.1 Å². The summed E-state index contributed by atoms with van der Waals surface area (Å²) in [4.78, 5) is 25.6. The van der Waals surface area contributed by atoms with Crippen molar-refractivity contribution in [3.05, 3.63) is 49.8 Å². The van der Waals surface area contributed by atoms with E-state index in [1.165, 1.54) is 18.2 Å². The van der Waals surface area contributed by atoms with Crippen molar-refractivity contribution >= 4 is 61.3 Å². The number of sulfone groups is 1. The molecule has 0 fully saturated rings. The molecule has 0 saturated carbocycles. The number of thiophene rings is 1. The third-order valence-electron chi connectivity index (χ3n) is 3.94. The van der Waals surface area contributed by atoms with E-state index < -0.39 is 21.7 Å². The van der Waals surface area contributed by atoms with Crippen LogP contribution in [0.5, 0.6) is 0 Å². The van der Waals surface area contributed by atoms with Crippen LogP contribution in [-0.2, 0) is 26.7 Å². The zero-order chi connectivity index (χ0) is 19.8. The third-order valence-corrected chi connectivity index (χ3v) is 7.26. The predicted molar refractivity (Wildman–Crippen MR) is 106 cm³/mol. The summed E-state index contributed by atoms with van der Waals surface area (Å²) >= 11 is 12.9. The number of rotatable bonds is 4. The molecule has 1 aliphatic heterocycles. The summed E-state index contributed by atoms with van der Waals surface area (Å²) in [5.41, 5.74) is 1.06. The molecule has 0 unspecified atom stereocenters. The van der Waals surface area contributed by atoms with Gasteiger partial charge >= 0.3 is 5.97 Å². The van der Waals surface area contributed by atoms with E-state index in [1.807, 2.05) is 0 Å². The van der Waals surface area contributed by atoms with E-state index in [0.717, 1.165) is 11.3 Å². The largest absolute Gasteiger partial charge is 0.462 e. The maximum absolute atomic E-state index is 12.6. The summed E-state index contributed by atoms with van der Waals surface area (Å²) < 4.78 is 28.9. The first-order chi connectivity index (χ1) is 12.7. The van der Waals surface area contributed by atoms with E-state index in [4.69, 9.17) is 27.9 Å². The monoisotopic (exact) mass is 447 g/mol. The molecule has 1 aliphatic rings. The lowest BCUT2D eigenvalue weighted by molar-refractivity contribution is 0.0527. The molecule has 10 heteroatoms. The Morgan fingerprint density at radius 1 is 1.22 bits per heavy atom. The minimum atomic E-state index is -3.22. The highest BCUT2D eigenvalue weighted by atomic mass is 35.5. The molecule has 1 aromatic carbocycles. The van der Waals surface area contributed by atoms with Crippen LogP contribution in [0.1, 0.15) is 38.1 Å². The van der Waals surface area contributed by atoms with Gasteiger partial charge in [0, 0.05) is 20.5 Å². The number of fused-ring (bicyclic) bond motifs is 1. The number of carbonyl (C=O) groups excluding carboxylic acids is 2. The lowest BCUT2D eigenvalue weighted by atomic mass is 10.1. The van der Waals surface area contributed by atoms with E-state index in [9.17, 15) is 18.0 Å². The van der Waals surface area contributed by atoms with Gasteiger partial charge in [0.15, 0.2) is 9.84 Å². The Morgan fingerprint density at radius 2 is 1.89 bits per heavy atom. The quantitative estimate of drug-likeness (QED) is 0.716. The second-order valence-electron chi connectivity index (χ2n) is 5.88. The summed E-state index contributed by atoms with van der Waals surface area (Å²) in [5, 5.41) is 3.53. The summed E-state index contributed by atoms with van der Waals surface area (Å²) in [5.74, 6) is -1.29. The van der Waals surface area contributed by atoms with Gasteiger partial charge in [-0.3, -0.25) is 4.79 Å². The molecule has 144 valence electrons. The molecule has 0 spiro atoms. The van der Waals surface area contributed by atoms with Crippen LogP contribution in [-0.4, -0.2) is 32.7 Å². The molecule has 0 saturated heterocycles. The van der Waals surface area contributed by atoms with Gasteiger partial charge in [0.1, 0.15) is 5.00 Å². The van der Waals surface area contributed by atoms with Gasteiger partial charge in [-0.1, -0.05) is 23.2 Å². The van der Waals surface area contributed by atoms with Crippen molar-refractivity contribution in [2.45, 2.75) is 19.1 Å². The Morgan fingerprint density at radius 3 is 2.52 bits per heavy atom. The highest BCUT2D eigenvalue weighted by Gasteiger charge is 2.32. The van der Waals surface area contributed by atoms with Crippen LogP contribution in [0.4, 0.5) is 5.00 Å². The van der Waals surface area contributed by atoms with Crippen LogP contribution in [0.3, 0.4) is 0 Å². The van der Waals surface area contributed by atoms with Crippen LogP contribution in [0, 0.1) is 0 Å².